The van der Waals surface area contributed by atoms with Gasteiger partial charge >= 0.3 is 0 Å². The molecule has 3 N–H and O–H groups in total. The molecule has 0 aliphatic rings. The van der Waals surface area contributed by atoms with Crippen LogP contribution in [0.2, 0.25) is 0 Å². The van der Waals surface area contributed by atoms with Crippen LogP contribution >= 0.6 is 47.0 Å². The first-order valence-corrected chi connectivity index (χ1v) is 9.37. The lowest BCUT2D eigenvalue weighted by Gasteiger charge is -2.28. The lowest BCUT2D eigenvalue weighted by atomic mass is 10.1. The average molecular weight is 462 g/mol. The highest BCUT2D eigenvalue weighted by atomic mass is 35.6. The van der Waals surface area contributed by atoms with Gasteiger partial charge in [-0.1, -0.05) is 53.0 Å². The van der Waals surface area contributed by atoms with Crippen molar-refractivity contribution in [2.24, 2.45) is 0 Å². The van der Waals surface area contributed by atoms with Gasteiger partial charge in [0, 0.05) is 23.4 Å². The number of hydrogen-bond acceptors (Lipinski definition) is 4. The van der Waals surface area contributed by atoms with E-state index in [0.717, 1.165) is 5.56 Å². The number of amides is 1. The van der Waals surface area contributed by atoms with Crippen molar-refractivity contribution in [2.45, 2.75) is 16.9 Å². The molecule has 2 aromatic carbocycles. The molecule has 0 saturated heterocycles. The molecule has 28 heavy (non-hydrogen) atoms. The lowest BCUT2D eigenvalue weighted by Crippen LogP contribution is -2.56. The number of aryl methyl sites for hydroxylation is 1. The summed E-state index contributed by atoms with van der Waals surface area (Å²) in [6, 6.07) is 12.5. The minimum Gasteiger partial charge on any atom is -0.339 e. The Labute approximate surface area is 181 Å². The fourth-order valence-corrected chi connectivity index (χ4v) is 2.76. The topological polar surface area (TPSA) is 96.3 Å². The Hall–Kier alpha value is -2.13. The molecule has 11 heteroatoms. The Morgan fingerprint density at radius 2 is 1.71 bits per heavy atom. The molecule has 148 valence electrons. The van der Waals surface area contributed by atoms with E-state index in [9.17, 15) is 14.9 Å². The van der Waals surface area contributed by atoms with Crippen LogP contribution in [0, 0.1) is 17.0 Å². The first-order valence-electron chi connectivity index (χ1n) is 7.83. The van der Waals surface area contributed by atoms with E-state index in [4.69, 9.17) is 47.0 Å². The van der Waals surface area contributed by atoms with Crippen LogP contribution in [0.15, 0.2) is 48.5 Å². The second-order valence-electron chi connectivity index (χ2n) is 5.67. The van der Waals surface area contributed by atoms with Gasteiger partial charge in [0.1, 0.15) is 6.17 Å². The number of nitro benzene ring substituents is 1. The van der Waals surface area contributed by atoms with Crippen molar-refractivity contribution in [2.75, 3.05) is 5.32 Å². The summed E-state index contributed by atoms with van der Waals surface area (Å²) in [7, 11) is 0. The fraction of sp³-hybridized carbons (Fsp3) is 0.176. The van der Waals surface area contributed by atoms with E-state index in [1.807, 2.05) is 0 Å². The van der Waals surface area contributed by atoms with Gasteiger partial charge in [-0.25, -0.2) is 0 Å². The fourth-order valence-electron chi connectivity index (χ4n) is 2.20. The number of thiocarbonyl (C=S) groups is 1. The second-order valence-corrected chi connectivity index (χ2v) is 8.44. The summed E-state index contributed by atoms with van der Waals surface area (Å²) in [4.78, 5) is 22.7. The number of halogens is 3. The summed E-state index contributed by atoms with van der Waals surface area (Å²) in [5, 5.41) is 18.9. The van der Waals surface area contributed by atoms with E-state index in [1.165, 1.54) is 24.3 Å². The number of anilines is 1. The molecule has 7 nitrogen and oxygen atoms in total. The molecule has 1 amide bonds. The molecule has 0 aliphatic carbocycles. The quantitative estimate of drug-likeness (QED) is 0.202. The van der Waals surface area contributed by atoms with E-state index in [0.29, 0.717) is 11.3 Å². The number of carbonyl (C=O) groups excluding carboxylic acids is 1. The van der Waals surface area contributed by atoms with Gasteiger partial charge in [-0.2, -0.15) is 0 Å². The molecule has 0 saturated carbocycles. The summed E-state index contributed by atoms with van der Waals surface area (Å²) in [6.07, 6.45) is -1.14. The van der Waals surface area contributed by atoms with Crippen LogP contribution in [0.5, 0.6) is 0 Å². The number of carbonyl (C=O) groups is 1. The molecule has 0 aromatic heterocycles. The van der Waals surface area contributed by atoms with E-state index in [1.54, 1.807) is 31.2 Å². The first kappa shape index (κ1) is 22.2. The Morgan fingerprint density at radius 3 is 2.25 bits per heavy atom. The summed E-state index contributed by atoms with van der Waals surface area (Å²) in [5.41, 5.74) is 1.61. The first-order chi connectivity index (χ1) is 13.1. The Kier molecular flexibility index (Phi) is 7.42. The number of rotatable bonds is 5. The summed E-state index contributed by atoms with van der Waals surface area (Å²) < 4.78 is -1.90. The molecule has 0 radical (unpaired) electrons. The van der Waals surface area contributed by atoms with Gasteiger partial charge in [0.25, 0.3) is 11.6 Å². The van der Waals surface area contributed by atoms with E-state index in [2.05, 4.69) is 16.0 Å². The van der Waals surface area contributed by atoms with Crippen LogP contribution < -0.4 is 16.0 Å². The number of benzene rings is 2. The summed E-state index contributed by atoms with van der Waals surface area (Å²) in [6.45, 7) is 1.79. The van der Waals surface area contributed by atoms with Crippen LogP contribution in [-0.2, 0) is 0 Å². The number of alkyl halides is 3. The van der Waals surface area contributed by atoms with Crippen molar-refractivity contribution in [3.05, 3.63) is 69.8 Å². The number of nitrogens with zero attached hydrogens (tertiary/aromatic N) is 1. The Balaban J connectivity index is 2.07. The van der Waals surface area contributed by atoms with Crippen molar-refractivity contribution in [1.82, 2.24) is 10.6 Å². The number of hydrogen-bond donors (Lipinski definition) is 3. The van der Waals surface area contributed by atoms with Crippen LogP contribution in [0.4, 0.5) is 11.4 Å². The molecular formula is C17H15Cl3N4O3S. The van der Waals surface area contributed by atoms with Gasteiger partial charge in [0.2, 0.25) is 3.79 Å². The van der Waals surface area contributed by atoms with Crippen LogP contribution in [0.3, 0.4) is 0 Å². The van der Waals surface area contributed by atoms with Crippen molar-refractivity contribution >= 4 is 69.4 Å². The molecule has 0 aliphatic heterocycles. The average Bonchev–Trinajstić information content (AvgIpc) is 2.61. The van der Waals surface area contributed by atoms with Crippen LogP contribution in [0.1, 0.15) is 15.9 Å². The molecular weight excluding hydrogens is 447 g/mol. The van der Waals surface area contributed by atoms with Gasteiger partial charge < -0.3 is 16.0 Å². The SMILES string of the molecule is Cc1ccccc1C(=O)NC(NC(=S)Nc1ccc([N+](=O)[O-])cc1)C(Cl)(Cl)Cl. The maximum atomic E-state index is 12.5. The summed E-state index contributed by atoms with van der Waals surface area (Å²) in [5.74, 6) is -0.444. The largest absolute Gasteiger partial charge is 0.339 e. The van der Waals surface area contributed by atoms with Crippen molar-refractivity contribution in [1.29, 1.82) is 0 Å². The third-order valence-corrected chi connectivity index (χ3v) is 4.48. The minimum atomic E-state index is -1.90. The number of non-ortho nitro benzene ring substituents is 1. The van der Waals surface area contributed by atoms with Crippen LogP contribution in [0.25, 0.3) is 0 Å². The van der Waals surface area contributed by atoms with Crippen molar-refractivity contribution in [3.8, 4) is 0 Å². The second kappa shape index (κ2) is 9.38. The zero-order valence-electron chi connectivity index (χ0n) is 14.4. The van der Waals surface area contributed by atoms with E-state index in [-0.39, 0.29) is 10.8 Å². The van der Waals surface area contributed by atoms with Gasteiger partial charge in [0.05, 0.1) is 4.92 Å². The molecule has 0 fully saturated rings. The van der Waals surface area contributed by atoms with Gasteiger partial charge in [-0.15, -0.1) is 0 Å². The molecule has 1 atom stereocenters. The standard InChI is InChI=1S/C17H15Cl3N4O3S/c1-10-4-2-3-5-13(10)14(25)22-15(17(18,19)20)23-16(28)21-11-6-8-12(9-7-11)24(26)27/h2-9,15H,1H3,(H,22,25)(H2,21,23,28). The third-order valence-electron chi connectivity index (χ3n) is 3.60. The van der Waals surface area contributed by atoms with Crippen molar-refractivity contribution < 1.29 is 9.72 Å². The molecule has 0 heterocycles. The number of nitro groups is 1. The Morgan fingerprint density at radius 1 is 1.11 bits per heavy atom. The highest BCUT2D eigenvalue weighted by Gasteiger charge is 2.35. The predicted octanol–water partition coefficient (Wildman–Crippen LogP) is 4.32. The van der Waals surface area contributed by atoms with Gasteiger partial charge in [0.15, 0.2) is 5.11 Å². The van der Waals surface area contributed by atoms with E-state index >= 15 is 0 Å². The van der Waals surface area contributed by atoms with Gasteiger partial charge in [-0.05, 0) is 42.9 Å². The lowest BCUT2D eigenvalue weighted by molar-refractivity contribution is -0.384. The normalized spacial score (nSPS) is 12.0. The third kappa shape index (κ3) is 6.20. The molecule has 1 unspecified atom stereocenters. The monoisotopic (exact) mass is 460 g/mol. The highest BCUT2D eigenvalue weighted by molar-refractivity contribution is 7.80. The maximum Gasteiger partial charge on any atom is 0.269 e. The summed E-state index contributed by atoms with van der Waals surface area (Å²) >= 11 is 23.1. The maximum absolute atomic E-state index is 12.5. The molecule has 0 spiro atoms. The number of nitrogens with one attached hydrogen (secondary N) is 3. The van der Waals surface area contributed by atoms with Crippen LogP contribution in [-0.4, -0.2) is 25.9 Å². The molecule has 2 aromatic rings. The van der Waals surface area contributed by atoms with Gasteiger partial charge in [-0.3, -0.25) is 14.9 Å². The molecule has 0 bridgehead atoms. The Bertz CT molecular complexity index is 888. The zero-order chi connectivity index (χ0) is 20.9. The smallest absolute Gasteiger partial charge is 0.269 e. The minimum absolute atomic E-state index is 0.0512. The molecule has 2 rings (SSSR count). The zero-order valence-corrected chi connectivity index (χ0v) is 17.5. The highest BCUT2D eigenvalue weighted by Crippen LogP contribution is 2.29. The van der Waals surface area contributed by atoms with Crippen molar-refractivity contribution in [3.63, 3.8) is 0 Å². The van der Waals surface area contributed by atoms with E-state index < -0.39 is 20.8 Å². The predicted molar refractivity (Wildman–Crippen MR) is 115 cm³/mol.